The smallest absolute Gasteiger partial charge is 0.277 e. The van der Waals surface area contributed by atoms with Gasteiger partial charge in [-0.1, -0.05) is 17.3 Å². The molecular weight excluding hydrogens is 334 g/mol. The minimum atomic E-state index is -0.213. The van der Waals surface area contributed by atoms with E-state index in [4.69, 9.17) is 10.5 Å². The summed E-state index contributed by atoms with van der Waals surface area (Å²) >= 11 is 0. The Kier molecular flexibility index (Phi) is 6.30. The molecule has 1 aromatic heterocycles. The third kappa shape index (κ3) is 4.44. The molecule has 1 aliphatic heterocycles. The maximum atomic E-state index is 12.4. The van der Waals surface area contributed by atoms with Crippen molar-refractivity contribution in [2.24, 2.45) is 5.73 Å². The molecule has 0 spiro atoms. The molecule has 1 aromatic carbocycles. The van der Waals surface area contributed by atoms with Crippen molar-refractivity contribution in [2.45, 2.75) is 38.3 Å². The van der Waals surface area contributed by atoms with E-state index in [1.165, 1.54) is 4.68 Å². The van der Waals surface area contributed by atoms with Crippen LogP contribution >= 0.6 is 0 Å². The summed E-state index contributed by atoms with van der Waals surface area (Å²) in [5.74, 6) is 0.0345. The Morgan fingerprint density at radius 3 is 2.81 bits per heavy atom. The summed E-state index contributed by atoms with van der Waals surface area (Å²) in [5.41, 5.74) is 5.82. The molecule has 1 fully saturated rings. The summed E-state index contributed by atoms with van der Waals surface area (Å²) in [5, 5.41) is 8.49. The number of rotatable bonds is 7. The molecule has 8 nitrogen and oxygen atoms in total. The molecule has 0 saturated carbocycles. The minimum absolute atomic E-state index is 0.0345. The van der Waals surface area contributed by atoms with Crippen molar-refractivity contribution < 1.29 is 9.53 Å². The van der Waals surface area contributed by atoms with Gasteiger partial charge >= 0.3 is 0 Å². The Labute approximate surface area is 151 Å². The van der Waals surface area contributed by atoms with Gasteiger partial charge in [-0.05, 0) is 37.9 Å². The summed E-state index contributed by atoms with van der Waals surface area (Å²) in [6, 6.07) is 7.08. The highest BCUT2D eigenvalue weighted by molar-refractivity contribution is 5.77. The van der Waals surface area contributed by atoms with E-state index in [9.17, 15) is 9.59 Å². The van der Waals surface area contributed by atoms with E-state index >= 15 is 0 Å². The fraction of sp³-hybridized carbons (Fsp3) is 0.556. The van der Waals surface area contributed by atoms with Crippen LogP contribution in [0.5, 0.6) is 0 Å². The predicted octanol–water partition coefficient (Wildman–Crippen LogP) is 0.538. The number of likely N-dealkylation sites (tertiary alicyclic amines) is 1. The van der Waals surface area contributed by atoms with Crippen LogP contribution in [-0.4, -0.2) is 58.1 Å². The SMILES string of the molecule is NCCCOC1CCN(C(=O)CCn2nnc3ccccc3c2=O)CC1. The second-order valence-electron chi connectivity index (χ2n) is 6.48. The van der Waals surface area contributed by atoms with E-state index in [0.29, 0.717) is 37.1 Å². The molecule has 2 N–H and O–H groups in total. The van der Waals surface area contributed by atoms with Gasteiger partial charge in [0.15, 0.2) is 0 Å². The number of benzene rings is 1. The molecular formula is C18H25N5O3. The van der Waals surface area contributed by atoms with Crippen LogP contribution in [0.15, 0.2) is 29.1 Å². The Bertz CT molecular complexity index is 799. The summed E-state index contributed by atoms with van der Waals surface area (Å²) < 4.78 is 7.02. The first kappa shape index (κ1) is 18.5. The van der Waals surface area contributed by atoms with E-state index in [0.717, 1.165) is 19.3 Å². The largest absolute Gasteiger partial charge is 0.378 e. The van der Waals surface area contributed by atoms with E-state index < -0.39 is 0 Å². The number of aromatic nitrogens is 3. The fourth-order valence-electron chi connectivity index (χ4n) is 3.13. The minimum Gasteiger partial charge on any atom is -0.378 e. The first-order chi connectivity index (χ1) is 12.7. The molecule has 1 saturated heterocycles. The van der Waals surface area contributed by atoms with Crippen molar-refractivity contribution in [2.75, 3.05) is 26.2 Å². The molecule has 8 heteroatoms. The van der Waals surface area contributed by atoms with Crippen molar-refractivity contribution >= 4 is 16.8 Å². The van der Waals surface area contributed by atoms with Gasteiger partial charge in [0.25, 0.3) is 5.56 Å². The van der Waals surface area contributed by atoms with Crippen molar-refractivity contribution in [3.63, 3.8) is 0 Å². The number of carbonyl (C=O) groups is 1. The third-order valence-corrected chi connectivity index (χ3v) is 4.66. The Morgan fingerprint density at radius 1 is 1.27 bits per heavy atom. The lowest BCUT2D eigenvalue weighted by atomic mass is 10.1. The fourth-order valence-corrected chi connectivity index (χ4v) is 3.13. The Hall–Kier alpha value is -2.32. The number of aryl methyl sites for hydroxylation is 1. The van der Waals surface area contributed by atoms with Crippen LogP contribution in [0.3, 0.4) is 0 Å². The van der Waals surface area contributed by atoms with Crippen LogP contribution in [0, 0.1) is 0 Å². The summed E-state index contributed by atoms with van der Waals surface area (Å²) in [6.07, 6.45) is 2.99. The average Bonchev–Trinajstić information content (AvgIpc) is 2.68. The van der Waals surface area contributed by atoms with Gasteiger partial charge in [0, 0.05) is 26.1 Å². The summed E-state index contributed by atoms with van der Waals surface area (Å²) in [7, 11) is 0. The van der Waals surface area contributed by atoms with Crippen molar-refractivity contribution in [3.8, 4) is 0 Å². The molecule has 0 unspecified atom stereocenters. The van der Waals surface area contributed by atoms with Crippen LogP contribution in [0.25, 0.3) is 10.9 Å². The predicted molar refractivity (Wildman–Crippen MR) is 97.6 cm³/mol. The molecule has 1 aliphatic rings. The van der Waals surface area contributed by atoms with Gasteiger partial charge in [-0.3, -0.25) is 9.59 Å². The molecule has 0 bridgehead atoms. The molecule has 0 atom stereocenters. The van der Waals surface area contributed by atoms with Crippen LogP contribution in [0.4, 0.5) is 0 Å². The lowest BCUT2D eigenvalue weighted by Gasteiger charge is -2.32. The van der Waals surface area contributed by atoms with Crippen molar-refractivity contribution in [1.29, 1.82) is 0 Å². The summed E-state index contributed by atoms with van der Waals surface area (Å²) in [6.45, 7) is 2.92. The number of hydrogen-bond acceptors (Lipinski definition) is 6. The number of nitrogens with zero attached hydrogens (tertiary/aromatic N) is 4. The first-order valence-electron chi connectivity index (χ1n) is 9.11. The highest BCUT2D eigenvalue weighted by atomic mass is 16.5. The Morgan fingerprint density at radius 2 is 2.04 bits per heavy atom. The van der Waals surface area contributed by atoms with Crippen LogP contribution < -0.4 is 11.3 Å². The quantitative estimate of drug-likeness (QED) is 0.724. The van der Waals surface area contributed by atoms with E-state index in [2.05, 4.69) is 10.3 Å². The number of carbonyl (C=O) groups excluding carboxylic acids is 1. The molecule has 140 valence electrons. The number of nitrogens with two attached hydrogens (primary N) is 1. The Balaban J connectivity index is 1.50. The van der Waals surface area contributed by atoms with Gasteiger partial charge in [0.05, 0.1) is 18.0 Å². The van der Waals surface area contributed by atoms with Gasteiger partial charge in [0.1, 0.15) is 5.52 Å². The lowest BCUT2D eigenvalue weighted by molar-refractivity contribution is -0.134. The second kappa shape index (κ2) is 8.86. The number of ether oxygens (including phenoxy) is 1. The van der Waals surface area contributed by atoms with Gasteiger partial charge in [-0.25, -0.2) is 4.68 Å². The average molecular weight is 359 g/mol. The summed E-state index contributed by atoms with van der Waals surface area (Å²) in [4.78, 5) is 26.6. The lowest BCUT2D eigenvalue weighted by Crippen LogP contribution is -2.41. The topological polar surface area (TPSA) is 103 Å². The van der Waals surface area contributed by atoms with E-state index in [1.807, 2.05) is 11.0 Å². The molecule has 2 aromatic rings. The van der Waals surface area contributed by atoms with Crippen LogP contribution in [0.2, 0.25) is 0 Å². The number of fused-ring (bicyclic) bond motifs is 1. The zero-order valence-corrected chi connectivity index (χ0v) is 14.8. The van der Waals surface area contributed by atoms with Crippen LogP contribution in [-0.2, 0) is 16.1 Å². The first-order valence-corrected chi connectivity index (χ1v) is 9.11. The number of amides is 1. The third-order valence-electron chi connectivity index (χ3n) is 4.66. The van der Waals surface area contributed by atoms with Gasteiger partial charge < -0.3 is 15.4 Å². The van der Waals surface area contributed by atoms with E-state index in [-0.39, 0.29) is 30.5 Å². The van der Waals surface area contributed by atoms with E-state index in [1.54, 1.807) is 18.2 Å². The number of hydrogen-bond donors (Lipinski definition) is 1. The van der Waals surface area contributed by atoms with Gasteiger partial charge in [0.2, 0.25) is 5.91 Å². The highest BCUT2D eigenvalue weighted by Crippen LogP contribution is 2.15. The maximum Gasteiger partial charge on any atom is 0.277 e. The highest BCUT2D eigenvalue weighted by Gasteiger charge is 2.23. The monoisotopic (exact) mass is 359 g/mol. The second-order valence-corrected chi connectivity index (χ2v) is 6.48. The van der Waals surface area contributed by atoms with Crippen molar-refractivity contribution in [3.05, 3.63) is 34.6 Å². The van der Waals surface area contributed by atoms with Crippen LogP contribution in [0.1, 0.15) is 25.7 Å². The molecule has 0 aliphatic carbocycles. The normalized spacial score (nSPS) is 15.5. The number of piperidine rings is 1. The standard InChI is InChI=1S/C18H25N5O3/c19-9-3-13-26-14-6-10-22(11-7-14)17(24)8-12-23-18(25)15-4-1-2-5-16(15)20-21-23/h1-2,4-5,14H,3,6-13,19H2. The molecule has 3 rings (SSSR count). The van der Waals surface area contributed by atoms with Crippen molar-refractivity contribution in [1.82, 2.24) is 19.9 Å². The molecule has 26 heavy (non-hydrogen) atoms. The molecule has 2 heterocycles. The molecule has 1 amide bonds. The van der Waals surface area contributed by atoms with Gasteiger partial charge in [-0.2, -0.15) is 0 Å². The zero-order chi connectivity index (χ0) is 18.4. The van der Waals surface area contributed by atoms with Gasteiger partial charge in [-0.15, -0.1) is 5.10 Å². The molecule has 0 radical (unpaired) electrons. The zero-order valence-electron chi connectivity index (χ0n) is 14.8. The maximum absolute atomic E-state index is 12.4.